The summed E-state index contributed by atoms with van der Waals surface area (Å²) < 4.78 is 19.0. The van der Waals surface area contributed by atoms with Crippen LogP contribution in [0.4, 0.5) is 11.4 Å². The number of carbonyl (C=O) groups is 1. The number of amides is 1. The molecule has 0 N–H and O–H groups in total. The fourth-order valence-corrected chi connectivity index (χ4v) is 6.46. The summed E-state index contributed by atoms with van der Waals surface area (Å²) in [5.74, 6) is 1.57. The van der Waals surface area contributed by atoms with Crippen LogP contribution >= 0.6 is 43.6 Å². The van der Waals surface area contributed by atoms with Crippen LogP contribution in [-0.4, -0.2) is 25.3 Å². The Bertz CT molecular complexity index is 1610. The zero-order valence-corrected chi connectivity index (χ0v) is 25.6. The van der Waals surface area contributed by atoms with Gasteiger partial charge in [-0.2, -0.15) is 0 Å². The molecule has 0 aliphatic carbocycles. The van der Waals surface area contributed by atoms with E-state index in [1.165, 1.54) is 11.8 Å². The van der Waals surface area contributed by atoms with E-state index >= 15 is 0 Å². The van der Waals surface area contributed by atoms with Crippen molar-refractivity contribution in [3.05, 3.63) is 116 Å². The van der Waals surface area contributed by atoms with E-state index < -0.39 is 0 Å². The Morgan fingerprint density at radius 2 is 1.55 bits per heavy atom. The van der Waals surface area contributed by atoms with Crippen LogP contribution in [-0.2, 0) is 11.4 Å². The van der Waals surface area contributed by atoms with E-state index in [2.05, 4.69) is 31.9 Å². The highest BCUT2D eigenvalue weighted by atomic mass is 79.9. The second-order valence-corrected chi connectivity index (χ2v) is 11.3. The molecule has 5 rings (SSSR count). The summed E-state index contributed by atoms with van der Waals surface area (Å²) in [4.78, 5) is 20.9. The summed E-state index contributed by atoms with van der Waals surface area (Å²) in [5.41, 5.74) is 2.98. The van der Waals surface area contributed by atoms with E-state index in [0.717, 1.165) is 20.1 Å². The number of carbonyl (C=O) groups excluding carboxylic acids is 1. The lowest BCUT2D eigenvalue weighted by Crippen LogP contribution is -2.29. The Kier molecular flexibility index (Phi) is 8.94. The maximum absolute atomic E-state index is 14.0. The first-order valence-corrected chi connectivity index (χ1v) is 14.6. The van der Waals surface area contributed by atoms with Gasteiger partial charge in [-0.15, -0.1) is 0 Å². The van der Waals surface area contributed by atoms with Crippen molar-refractivity contribution >= 4 is 72.1 Å². The van der Waals surface area contributed by atoms with Gasteiger partial charge in [0.05, 0.1) is 29.3 Å². The molecule has 0 unspecified atom stereocenters. The molecule has 40 heavy (non-hydrogen) atoms. The van der Waals surface area contributed by atoms with Crippen LogP contribution in [0.5, 0.6) is 17.2 Å². The molecule has 0 spiro atoms. The summed E-state index contributed by atoms with van der Waals surface area (Å²) in [6.07, 6.45) is 1.83. The van der Waals surface area contributed by atoms with E-state index in [1.54, 1.807) is 19.1 Å². The van der Waals surface area contributed by atoms with Crippen LogP contribution in [0.1, 0.15) is 11.1 Å². The lowest BCUT2D eigenvalue weighted by Gasteiger charge is -2.18. The van der Waals surface area contributed by atoms with E-state index in [-0.39, 0.29) is 5.91 Å². The van der Waals surface area contributed by atoms with Crippen molar-refractivity contribution in [3.8, 4) is 17.2 Å². The number of benzene rings is 4. The minimum absolute atomic E-state index is 0.228. The molecule has 0 atom stereocenters. The van der Waals surface area contributed by atoms with Crippen molar-refractivity contribution in [2.75, 3.05) is 19.1 Å². The SMILES string of the molecule is COc1ccccc1N=C1S/C(=C\c2cc(Br)cc(Br)c2OCc2ccccc2)C(=O)N1c1ccccc1OC. The van der Waals surface area contributed by atoms with Crippen LogP contribution in [0.15, 0.2) is 110 Å². The minimum Gasteiger partial charge on any atom is -0.495 e. The number of halogens is 2. The molecule has 0 radical (unpaired) electrons. The largest absolute Gasteiger partial charge is 0.495 e. The van der Waals surface area contributed by atoms with Crippen molar-refractivity contribution in [1.29, 1.82) is 0 Å². The first-order valence-electron chi connectivity index (χ1n) is 12.2. The van der Waals surface area contributed by atoms with Crippen molar-refractivity contribution in [3.63, 3.8) is 0 Å². The number of ether oxygens (including phenoxy) is 3. The van der Waals surface area contributed by atoms with E-state index in [9.17, 15) is 4.79 Å². The molecule has 4 aromatic carbocycles. The van der Waals surface area contributed by atoms with Gasteiger partial charge < -0.3 is 14.2 Å². The van der Waals surface area contributed by atoms with E-state index in [4.69, 9.17) is 19.2 Å². The number of rotatable bonds is 8. The third-order valence-electron chi connectivity index (χ3n) is 5.98. The Labute approximate surface area is 253 Å². The molecule has 4 aromatic rings. The molecule has 1 saturated heterocycles. The molecule has 1 aliphatic rings. The van der Waals surface area contributed by atoms with Gasteiger partial charge in [0.2, 0.25) is 0 Å². The molecular weight excluding hydrogens is 656 g/mol. The van der Waals surface area contributed by atoms with E-state index in [0.29, 0.717) is 45.3 Å². The van der Waals surface area contributed by atoms with Gasteiger partial charge in [0.25, 0.3) is 5.91 Å². The topological polar surface area (TPSA) is 60.4 Å². The smallest absolute Gasteiger partial charge is 0.271 e. The van der Waals surface area contributed by atoms with Gasteiger partial charge in [-0.3, -0.25) is 9.69 Å². The average molecular weight is 680 g/mol. The summed E-state index contributed by atoms with van der Waals surface area (Å²) in [7, 11) is 3.17. The Morgan fingerprint density at radius 3 is 2.30 bits per heavy atom. The molecule has 0 aromatic heterocycles. The van der Waals surface area contributed by atoms with Gasteiger partial charge in [-0.25, -0.2) is 4.99 Å². The number of thioether (sulfide) groups is 1. The summed E-state index contributed by atoms with van der Waals surface area (Å²) in [6, 6.07) is 28.6. The van der Waals surface area contributed by atoms with Gasteiger partial charge in [0.15, 0.2) is 5.17 Å². The number of nitrogens with zero attached hydrogens (tertiary/aromatic N) is 2. The fourth-order valence-electron chi connectivity index (χ4n) is 4.11. The lowest BCUT2D eigenvalue weighted by molar-refractivity contribution is -0.113. The molecule has 202 valence electrons. The zero-order chi connectivity index (χ0) is 28.1. The molecular formula is C31H24Br2N2O4S. The molecule has 9 heteroatoms. The van der Waals surface area contributed by atoms with Crippen LogP contribution in [0.3, 0.4) is 0 Å². The molecule has 6 nitrogen and oxygen atoms in total. The lowest BCUT2D eigenvalue weighted by atomic mass is 10.1. The van der Waals surface area contributed by atoms with Crippen LogP contribution in [0.25, 0.3) is 6.08 Å². The fraction of sp³-hybridized carbons (Fsp3) is 0.0968. The van der Waals surface area contributed by atoms with E-state index in [1.807, 2.05) is 97.1 Å². The molecule has 1 fully saturated rings. The highest BCUT2D eigenvalue weighted by molar-refractivity contribution is 9.11. The summed E-state index contributed by atoms with van der Waals surface area (Å²) in [5, 5.41) is 0.478. The average Bonchev–Trinajstić information content (AvgIpc) is 3.27. The second kappa shape index (κ2) is 12.8. The van der Waals surface area contributed by atoms with Gasteiger partial charge in [0, 0.05) is 10.0 Å². The second-order valence-electron chi connectivity index (χ2n) is 8.57. The highest BCUT2D eigenvalue weighted by Crippen LogP contribution is 2.43. The number of methoxy groups -OCH3 is 2. The van der Waals surface area contributed by atoms with Crippen LogP contribution in [0, 0.1) is 0 Å². The van der Waals surface area contributed by atoms with Crippen molar-refractivity contribution in [1.82, 2.24) is 0 Å². The van der Waals surface area contributed by atoms with Gasteiger partial charge in [-0.1, -0.05) is 70.5 Å². The quantitative estimate of drug-likeness (QED) is 0.175. The third-order valence-corrected chi connectivity index (χ3v) is 8.00. The maximum Gasteiger partial charge on any atom is 0.271 e. The van der Waals surface area contributed by atoms with Crippen molar-refractivity contribution in [2.45, 2.75) is 6.61 Å². The van der Waals surface area contributed by atoms with Crippen molar-refractivity contribution < 1.29 is 19.0 Å². The molecule has 0 bridgehead atoms. The number of anilines is 1. The zero-order valence-electron chi connectivity index (χ0n) is 21.6. The first-order chi connectivity index (χ1) is 19.5. The number of amidine groups is 1. The Balaban J connectivity index is 1.59. The van der Waals surface area contributed by atoms with Crippen LogP contribution in [0.2, 0.25) is 0 Å². The molecule has 1 amide bonds. The molecule has 0 saturated carbocycles. The molecule has 1 aliphatic heterocycles. The maximum atomic E-state index is 14.0. The summed E-state index contributed by atoms with van der Waals surface area (Å²) in [6.45, 7) is 0.381. The highest BCUT2D eigenvalue weighted by Gasteiger charge is 2.36. The van der Waals surface area contributed by atoms with Gasteiger partial charge >= 0.3 is 0 Å². The van der Waals surface area contributed by atoms with Crippen LogP contribution < -0.4 is 19.1 Å². The van der Waals surface area contributed by atoms with Gasteiger partial charge in [-0.05, 0) is 75.7 Å². The number of hydrogen-bond acceptors (Lipinski definition) is 6. The Hall–Kier alpha value is -3.53. The predicted molar refractivity (Wildman–Crippen MR) is 169 cm³/mol. The molecule has 1 heterocycles. The van der Waals surface area contributed by atoms with Gasteiger partial charge in [0.1, 0.15) is 29.5 Å². The Morgan fingerprint density at radius 1 is 0.875 bits per heavy atom. The number of para-hydroxylation sites is 4. The standard InChI is InChI=1S/C31H24Br2N2O4S/c1-37-26-14-8-6-12-24(26)34-31-35(25-13-7-9-15-27(25)38-2)30(36)28(40-31)17-21-16-22(32)18-23(33)29(21)39-19-20-10-4-3-5-11-20/h3-18H,19H2,1-2H3/b28-17-,34-31?. The first kappa shape index (κ1) is 28.0. The third kappa shape index (κ3) is 6.11. The number of hydrogen-bond donors (Lipinski definition) is 0. The number of aliphatic imine (C=N–C) groups is 1. The monoisotopic (exact) mass is 678 g/mol. The minimum atomic E-state index is -0.228. The normalized spacial score (nSPS) is 15.1. The summed E-state index contributed by atoms with van der Waals surface area (Å²) >= 11 is 8.49. The predicted octanol–water partition coefficient (Wildman–Crippen LogP) is 8.62. The van der Waals surface area contributed by atoms with Crippen molar-refractivity contribution in [2.24, 2.45) is 4.99 Å².